The van der Waals surface area contributed by atoms with Crippen molar-refractivity contribution in [1.29, 1.82) is 0 Å². The predicted octanol–water partition coefficient (Wildman–Crippen LogP) is 1.82. The lowest BCUT2D eigenvalue weighted by Crippen LogP contribution is -2.31. The fourth-order valence-electron chi connectivity index (χ4n) is 1.82. The summed E-state index contributed by atoms with van der Waals surface area (Å²) in [7, 11) is 1.82. The van der Waals surface area contributed by atoms with Crippen molar-refractivity contribution in [1.82, 2.24) is 4.90 Å². The van der Waals surface area contributed by atoms with E-state index in [9.17, 15) is 4.79 Å². The number of hydrogen-bond acceptors (Lipinski definition) is 2. The molecule has 3 nitrogen and oxygen atoms in total. The lowest BCUT2D eigenvalue weighted by atomic mass is 10.2. The molecule has 1 heterocycles. The van der Waals surface area contributed by atoms with Crippen molar-refractivity contribution in [2.45, 2.75) is 32.1 Å². The molecule has 0 spiro atoms. The van der Waals surface area contributed by atoms with E-state index in [1.165, 1.54) is 0 Å². The van der Waals surface area contributed by atoms with E-state index in [4.69, 9.17) is 4.74 Å². The van der Waals surface area contributed by atoms with Gasteiger partial charge >= 0.3 is 0 Å². The molecular formula is C13H17NO2. The standard InChI is InChI=1S/C13H17NO2/c1-3-11-12(16-11)13(15)14(2)9-10-7-5-4-6-8-10/h4-8,11-12H,3,9H2,1-2H3/t11-,12+/m0/s1. The zero-order valence-electron chi connectivity index (χ0n) is 9.72. The molecule has 3 heteroatoms. The molecule has 1 aromatic rings. The van der Waals surface area contributed by atoms with Crippen LogP contribution in [0.5, 0.6) is 0 Å². The second-order valence-electron chi connectivity index (χ2n) is 4.18. The minimum absolute atomic E-state index is 0.0932. The number of carbonyl (C=O) groups excluding carboxylic acids is 1. The van der Waals surface area contributed by atoms with Crippen LogP contribution >= 0.6 is 0 Å². The third kappa shape index (κ3) is 2.42. The zero-order valence-corrected chi connectivity index (χ0v) is 9.72. The molecule has 0 aliphatic carbocycles. The maximum Gasteiger partial charge on any atom is 0.254 e. The SMILES string of the molecule is CC[C@@H]1O[C@H]1C(=O)N(C)Cc1ccccc1. The summed E-state index contributed by atoms with van der Waals surface area (Å²) in [4.78, 5) is 13.6. The maximum absolute atomic E-state index is 11.9. The highest BCUT2D eigenvalue weighted by Crippen LogP contribution is 2.26. The van der Waals surface area contributed by atoms with Gasteiger partial charge in [0.15, 0.2) is 6.10 Å². The summed E-state index contributed by atoms with van der Waals surface area (Å²) >= 11 is 0. The van der Waals surface area contributed by atoms with Gasteiger partial charge in [0.25, 0.3) is 5.91 Å². The number of hydrogen-bond donors (Lipinski definition) is 0. The average Bonchev–Trinajstić information content (AvgIpc) is 3.08. The van der Waals surface area contributed by atoms with Gasteiger partial charge in [0, 0.05) is 13.6 Å². The van der Waals surface area contributed by atoms with Crippen molar-refractivity contribution in [3.63, 3.8) is 0 Å². The molecule has 16 heavy (non-hydrogen) atoms. The van der Waals surface area contributed by atoms with Gasteiger partial charge in [-0.1, -0.05) is 37.3 Å². The molecule has 1 aliphatic rings. The van der Waals surface area contributed by atoms with Crippen LogP contribution in [0, 0.1) is 0 Å². The highest BCUT2D eigenvalue weighted by Gasteiger charge is 2.44. The van der Waals surface area contributed by atoms with Crippen LogP contribution in [-0.2, 0) is 16.1 Å². The lowest BCUT2D eigenvalue weighted by molar-refractivity contribution is -0.131. The van der Waals surface area contributed by atoms with Crippen molar-refractivity contribution < 1.29 is 9.53 Å². The van der Waals surface area contributed by atoms with E-state index in [-0.39, 0.29) is 18.1 Å². The quantitative estimate of drug-likeness (QED) is 0.724. The van der Waals surface area contributed by atoms with E-state index in [2.05, 4.69) is 0 Å². The molecule has 0 N–H and O–H groups in total. The van der Waals surface area contributed by atoms with Gasteiger partial charge in [-0.05, 0) is 12.0 Å². The summed E-state index contributed by atoms with van der Waals surface area (Å²) in [6.45, 7) is 2.69. The predicted molar refractivity (Wildman–Crippen MR) is 61.9 cm³/mol. The Morgan fingerprint density at radius 1 is 1.38 bits per heavy atom. The molecule has 1 aliphatic heterocycles. The number of nitrogens with zero attached hydrogens (tertiary/aromatic N) is 1. The van der Waals surface area contributed by atoms with Crippen LogP contribution in [0.3, 0.4) is 0 Å². The molecule has 2 rings (SSSR count). The third-order valence-corrected chi connectivity index (χ3v) is 2.87. The number of rotatable bonds is 4. The Morgan fingerprint density at radius 2 is 2.06 bits per heavy atom. The maximum atomic E-state index is 11.9. The van der Waals surface area contributed by atoms with Gasteiger partial charge in [-0.3, -0.25) is 4.79 Å². The summed E-state index contributed by atoms with van der Waals surface area (Å²) in [6.07, 6.45) is 0.861. The zero-order chi connectivity index (χ0) is 11.5. The molecule has 2 atom stereocenters. The summed E-state index contributed by atoms with van der Waals surface area (Å²) in [5.41, 5.74) is 1.15. The minimum Gasteiger partial charge on any atom is -0.359 e. The molecular weight excluding hydrogens is 202 g/mol. The molecule has 1 fully saturated rings. The number of epoxide rings is 1. The van der Waals surface area contributed by atoms with Gasteiger partial charge in [-0.25, -0.2) is 0 Å². The van der Waals surface area contributed by atoms with Gasteiger partial charge in [0.2, 0.25) is 0 Å². The Bertz CT molecular complexity index is 363. The van der Waals surface area contributed by atoms with Crippen LogP contribution in [0.1, 0.15) is 18.9 Å². The monoisotopic (exact) mass is 219 g/mol. The normalized spacial score (nSPS) is 22.9. The second-order valence-corrected chi connectivity index (χ2v) is 4.18. The highest BCUT2D eigenvalue weighted by molar-refractivity contribution is 5.83. The van der Waals surface area contributed by atoms with Crippen molar-refractivity contribution in [2.75, 3.05) is 7.05 Å². The number of carbonyl (C=O) groups is 1. The van der Waals surface area contributed by atoms with Crippen LogP contribution in [0.25, 0.3) is 0 Å². The van der Waals surface area contributed by atoms with Crippen LogP contribution in [0.15, 0.2) is 30.3 Å². The molecule has 0 bridgehead atoms. The summed E-state index contributed by atoms with van der Waals surface area (Å²) in [5, 5.41) is 0. The van der Waals surface area contributed by atoms with E-state index in [0.717, 1.165) is 12.0 Å². The van der Waals surface area contributed by atoms with Crippen molar-refractivity contribution >= 4 is 5.91 Å². The molecule has 0 unspecified atom stereocenters. The fraction of sp³-hybridized carbons (Fsp3) is 0.462. The van der Waals surface area contributed by atoms with Crippen molar-refractivity contribution in [3.8, 4) is 0 Å². The molecule has 1 aromatic carbocycles. The molecule has 1 saturated heterocycles. The first-order valence-corrected chi connectivity index (χ1v) is 5.66. The van der Waals surface area contributed by atoms with Crippen LogP contribution in [0.2, 0.25) is 0 Å². The van der Waals surface area contributed by atoms with E-state index in [1.54, 1.807) is 4.90 Å². The fourth-order valence-corrected chi connectivity index (χ4v) is 1.82. The average molecular weight is 219 g/mol. The van der Waals surface area contributed by atoms with Gasteiger partial charge in [-0.15, -0.1) is 0 Å². The third-order valence-electron chi connectivity index (χ3n) is 2.87. The lowest BCUT2D eigenvalue weighted by Gasteiger charge is -2.15. The topological polar surface area (TPSA) is 32.8 Å². The number of likely N-dealkylation sites (N-methyl/N-ethyl adjacent to an activating group) is 1. The first-order valence-electron chi connectivity index (χ1n) is 5.66. The Morgan fingerprint density at radius 3 is 2.62 bits per heavy atom. The van der Waals surface area contributed by atoms with E-state index in [1.807, 2.05) is 44.3 Å². The first-order chi connectivity index (χ1) is 7.72. The number of amides is 1. The summed E-state index contributed by atoms with van der Waals surface area (Å²) < 4.78 is 5.30. The van der Waals surface area contributed by atoms with Crippen LogP contribution in [0.4, 0.5) is 0 Å². The largest absolute Gasteiger partial charge is 0.359 e. The first kappa shape index (κ1) is 11.1. The Balaban J connectivity index is 1.89. The molecule has 86 valence electrons. The Kier molecular flexibility index (Phi) is 3.25. The molecule has 0 aromatic heterocycles. The Labute approximate surface area is 96.0 Å². The van der Waals surface area contributed by atoms with Gasteiger partial charge in [0.05, 0.1) is 6.10 Å². The second kappa shape index (κ2) is 4.66. The molecule has 0 saturated carbocycles. The number of ether oxygens (including phenoxy) is 1. The van der Waals surface area contributed by atoms with E-state index >= 15 is 0 Å². The van der Waals surface area contributed by atoms with Gasteiger partial charge in [-0.2, -0.15) is 0 Å². The summed E-state index contributed by atoms with van der Waals surface area (Å²) in [5.74, 6) is 0.0932. The van der Waals surface area contributed by atoms with Crippen molar-refractivity contribution in [2.24, 2.45) is 0 Å². The van der Waals surface area contributed by atoms with Crippen molar-refractivity contribution in [3.05, 3.63) is 35.9 Å². The highest BCUT2D eigenvalue weighted by atomic mass is 16.6. The van der Waals surface area contributed by atoms with Crippen LogP contribution < -0.4 is 0 Å². The van der Waals surface area contributed by atoms with Gasteiger partial charge in [0.1, 0.15) is 0 Å². The van der Waals surface area contributed by atoms with E-state index in [0.29, 0.717) is 6.54 Å². The van der Waals surface area contributed by atoms with Crippen LogP contribution in [-0.4, -0.2) is 30.1 Å². The van der Waals surface area contributed by atoms with E-state index < -0.39 is 0 Å². The minimum atomic E-state index is -0.196. The Hall–Kier alpha value is -1.35. The molecule has 1 amide bonds. The smallest absolute Gasteiger partial charge is 0.254 e. The summed E-state index contributed by atoms with van der Waals surface area (Å²) in [6, 6.07) is 9.98. The number of benzene rings is 1. The molecule has 0 radical (unpaired) electrons. The van der Waals surface area contributed by atoms with Gasteiger partial charge < -0.3 is 9.64 Å².